The van der Waals surface area contributed by atoms with Crippen molar-refractivity contribution in [2.24, 2.45) is 5.73 Å². The summed E-state index contributed by atoms with van der Waals surface area (Å²) in [6.07, 6.45) is -0.608. The van der Waals surface area contributed by atoms with Crippen LogP contribution in [0.1, 0.15) is 51.3 Å². The van der Waals surface area contributed by atoms with Crippen molar-refractivity contribution in [3.63, 3.8) is 0 Å². The van der Waals surface area contributed by atoms with Crippen molar-refractivity contribution in [1.82, 2.24) is 5.32 Å². The van der Waals surface area contributed by atoms with Crippen LogP contribution < -0.4 is 31.7 Å². The molecule has 0 spiro atoms. The number of likely N-dealkylation sites (N-methyl/N-ethyl adjacent to an activating group) is 1. The first-order chi connectivity index (χ1) is 19.9. The first-order valence-corrected chi connectivity index (χ1v) is 12.7. The van der Waals surface area contributed by atoms with E-state index in [0.717, 1.165) is 0 Å². The molecule has 42 heavy (non-hydrogen) atoms. The smallest absolute Gasteiger partial charge is 0.335 e. The predicted molar refractivity (Wildman–Crippen MR) is 155 cm³/mol. The molecule has 0 saturated carbocycles. The van der Waals surface area contributed by atoms with Crippen molar-refractivity contribution in [3.05, 3.63) is 77.4 Å². The van der Waals surface area contributed by atoms with Crippen molar-refractivity contribution in [1.29, 1.82) is 0 Å². The number of ether oxygens (including phenoxy) is 1. The topological polar surface area (TPSA) is 209 Å². The summed E-state index contributed by atoms with van der Waals surface area (Å²) < 4.78 is 5.72. The highest BCUT2D eigenvalue weighted by atomic mass is 16.5. The lowest BCUT2D eigenvalue weighted by Gasteiger charge is -2.18. The van der Waals surface area contributed by atoms with Gasteiger partial charge in [-0.15, -0.1) is 0 Å². The minimum Gasteiger partial charge on any atom is -0.504 e. The summed E-state index contributed by atoms with van der Waals surface area (Å²) >= 11 is 0. The van der Waals surface area contributed by atoms with Crippen LogP contribution in [0.25, 0.3) is 0 Å². The zero-order valence-electron chi connectivity index (χ0n) is 23.1. The zero-order chi connectivity index (χ0) is 31.0. The lowest BCUT2D eigenvalue weighted by atomic mass is 10.1. The Kier molecular flexibility index (Phi) is 10.2. The van der Waals surface area contributed by atoms with Crippen LogP contribution in [0.2, 0.25) is 0 Å². The maximum atomic E-state index is 13.0. The van der Waals surface area contributed by atoms with Gasteiger partial charge in [0, 0.05) is 16.9 Å². The molecular weight excluding hydrogens is 546 g/mol. The van der Waals surface area contributed by atoms with Gasteiger partial charge in [-0.3, -0.25) is 19.2 Å². The van der Waals surface area contributed by atoms with E-state index in [9.17, 15) is 29.1 Å². The van der Waals surface area contributed by atoms with Gasteiger partial charge in [-0.25, -0.2) is 4.79 Å². The van der Waals surface area contributed by atoms with Gasteiger partial charge < -0.3 is 42.0 Å². The van der Waals surface area contributed by atoms with Gasteiger partial charge in [-0.1, -0.05) is 0 Å². The van der Waals surface area contributed by atoms with Crippen LogP contribution in [0.4, 0.5) is 17.1 Å². The average Bonchev–Trinajstić information content (AvgIpc) is 2.93. The van der Waals surface area contributed by atoms with Crippen LogP contribution in [0, 0.1) is 0 Å². The Hall–Kier alpha value is -5.43. The normalized spacial score (nSPS) is 11.3. The van der Waals surface area contributed by atoms with Gasteiger partial charge >= 0.3 is 5.97 Å². The van der Waals surface area contributed by atoms with E-state index in [2.05, 4.69) is 21.3 Å². The molecule has 4 amide bonds. The van der Waals surface area contributed by atoms with E-state index in [4.69, 9.17) is 15.6 Å². The van der Waals surface area contributed by atoms with Gasteiger partial charge in [-0.2, -0.15) is 0 Å². The molecule has 13 nitrogen and oxygen atoms in total. The minimum absolute atomic E-state index is 0.0468. The summed E-state index contributed by atoms with van der Waals surface area (Å²) in [6, 6.07) is 13.3. The zero-order valence-corrected chi connectivity index (χ0v) is 23.1. The summed E-state index contributed by atoms with van der Waals surface area (Å²) in [5, 5.41) is 30.5. The van der Waals surface area contributed by atoms with Gasteiger partial charge in [0.1, 0.15) is 0 Å². The summed E-state index contributed by atoms with van der Waals surface area (Å²) in [6.45, 7) is 3.41. The molecule has 3 aromatic carbocycles. The number of phenolic OH excluding ortho intramolecular Hbond substituents is 1. The number of hydrogen-bond acceptors (Lipinski definition) is 8. The molecular formula is C29H31N5O8. The molecule has 0 radical (unpaired) electrons. The average molecular weight is 578 g/mol. The molecule has 0 bridgehead atoms. The molecule has 0 aromatic heterocycles. The van der Waals surface area contributed by atoms with Crippen molar-refractivity contribution in [2.45, 2.75) is 32.4 Å². The van der Waals surface area contributed by atoms with Crippen molar-refractivity contribution in [3.8, 4) is 11.5 Å². The van der Waals surface area contributed by atoms with E-state index in [-0.39, 0.29) is 34.5 Å². The molecule has 0 saturated heterocycles. The monoisotopic (exact) mass is 577 g/mol. The second-order valence-electron chi connectivity index (χ2n) is 9.37. The summed E-state index contributed by atoms with van der Waals surface area (Å²) in [7, 11) is 1.52. The van der Waals surface area contributed by atoms with Crippen molar-refractivity contribution < 1.29 is 38.9 Å². The van der Waals surface area contributed by atoms with Crippen molar-refractivity contribution >= 4 is 46.7 Å². The summed E-state index contributed by atoms with van der Waals surface area (Å²) in [5.41, 5.74) is 6.09. The number of benzene rings is 3. The quantitative estimate of drug-likeness (QED) is 0.168. The standard InChI is InChI=1S/C29H31N5O8/c1-15(2)42-25-21(13-12-20(24(25)36)27(38)32-18-10-6-17(7-11-18)29(40)41)34-26(37)16-4-8-19(9-5-16)33-28(39)22(31-3)14-23(30)35/h4-13,15,22,31,36H,14H2,1-3H3,(H2,30,35)(H,32,38)(H,33,39)(H,34,37)(H,40,41). The van der Waals surface area contributed by atoms with Crippen LogP contribution in [-0.2, 0) is 9.59 Å². The lowest BCUT2D eigenvalue weighted by molar-refractivity contribution is -0.123. The number of hydrogen-bond donors (Lipinski definition) is 7. The molecule has 13 heteroatoms. The molecule has 0 aliphatic heterocycles. The highest BCUT2D eigenvalue weighted by Crippen LogP contribution is 2.39. The number of rotatable bonds is 12. The summed E-state index contributed by atoms with van der Waals surface area (Å²) in [5.74, 6) is -4.08. The Balaban J connectivity index is 1.77. The number of aromatic hydroxyl groups is 1. The number of carboxylic acids is 1. The number of carbonyl (C=O) groups is 5. The fourth-order valence-electron chi connectivity index (χ4n) is 3.76. The predicted octanol–water partition coefficient (Wildman–Crippen LogP) is 2.78. The third-order valence-electron chi connectivity index (χ3n) is 5.85. The van der Waals surface area contributed by atoms with E-state index in [1.165, 1.54) is 67.7 Å². The SMILES string of the molecule is CNC(CC(N)=O)C(=O)Nc1ccc(C(=O)Nc2ccc(C(=O)Nc3ccc(C(=O)O)cc3)c(O)c2OC(C)C)cc1. The number of anilines is 3. The number of carbonyl (C=O) groups excluding carboxylic acids is 4. The third kappa shape index (κ3) is 8.05. The minimum atomic E-state index is -1.11. The number of aromatic carboxylic acids is 1. The largest absolute Gasteiger partial charge is 0.504 e. The Bertz CT molecular complexity index is 1490. The molecule has 0 aliphatic rings. The van der Waals surface area contributed by atoms with Gasteiger partial charge in [0.25, 0.3) is 11.8 Å². The molecule has 0 heterocycles. The third-order valence-corrected chi connectivity index (χ3v) is 5.85. The molecule has 8 N–H and O–H groups in total. The Labute approximate surface area is 241 Å². The molecule has 1 atom stereocenters. The number of phenols is 1. The maximum Gasteiger partial charge on any atom is 0.335 e. The summed E-state index contributed by atoms with van der Waals surface area (Å²) in [4.78, 5) is 60.4. The molecule has 3 aromatic rings. The fourth-order valence-corrected chi connectivity index (χ4v) is 3.76. The molecule has 1 unspecified atom stereocenters. The number of primary amides is 1. The fraction of sp³-hybridized carbons (Fsp3) is 0.207. The molecule has 3 rings (SSSR count). The van der Waals surface area contributed by atoms with Gasteiger partial charge in [0.2, 0.25) is 11.8 Å². The van der Waals surface area contributed by atoms with Gasteiger partial charge in [-0.05, 0) is 81.6 Å². The van der Waals surface area contributed by atoms with E-state index in [1.54, 1.807) is 13.8 Å². The Morgan fingerprint density at radius 2 is 1.38 bits per heavy atom. The van der Waals surface area contributed by atoms with E-state index in [0.29, 0.717) is 11.4 Å². The Morgan fingerprint density at radius 1 is 0.810 bits per heavy atom. The Morgan fingerprint density at radius 3 is 1.90 bits per heavy atom. The highest BCUT2D eigenvalue weighted by Gasteiger charge is 2.22. The van der Waals surface area contributed by atoms with Crippen LogP contribution in [0.3, 0.4) is 0 Å². The van der Waals surface area contributed by atoms with Crippen LogP contribution in [0.15, 0.2) is 60.7 Å². The maximum absolute atomic E-state index is 13.0. The first-order valence-electron chi connectivity index (χ1n) is 12.7. The van der Waals surface area contributed by atoms with E-state index < -0.39 is 47.5 Å². The highest BCUT2D eigenvalue weighted by molar-refractivity contribution is 6.09. The molecule has 220 valence electrons. The number of amides is 4. The van der Waals surface area contributed by atoms with Crippen LogP contribution in [0.5, 0.6) is 11.5 Å². The second-order valence-corrected chi connectivity index (χ2v) is 9.37. The molecule has 0 fully saturated rings. The van der Waals surface area contributed by atoms with Gasteiger partial charge in [0.05, 0.1) is 35.4 Å². The lowest BCUT2D eigenvalue weighted by Crippen LogP contribution is -2.41. The second kappa shape index (κ2) is 13.8. The molecule has 0 aliphatic carbocycles. The number of nitrogens with one attached hydrogen (secondary N) is 4. The number of carboxylic acid groups (broad SMARTS) is 1. The van der Waals surface area contributed by atoms with E-state index in [1.807, 2.05) is 0 Å². The first kappa shape index (κ1) is 31.1. The van der Waals surface area contributed by atoms with Crippen LogP contribution in [-0.4, -0.2) is 59.0 Å². The van der Waals surface area contributed by atoms with E-state index >= 15 is 0 Å². The van der Waals surface area contributed by atoms with Crippen LogP contribution >= 0.6 is 0 Å². The van der Waals surface area contributed by atoms with Gasteiger partial charge in [0.15, 0.2) is 11.5 Å². The van der Waals surface area contributed by atoms with Crippen molar-refractivity contribution in [2.75, 3.05) is 23.0 Å². The number of nitrogens with two attached hydrogens (primary N) is 1.